The number of aromatic nitrogens is 1. The number of nitrogens with two attached hydrogens (primary N) is 1. The molecule has 100 valence electrons. The second-order valence-corrected chi connectivity index (χ2v) is 4.48. The first kappa shape index (κ1) is 13.5. The van der Waals surface area contributed by atoms with Crippen LogP contribution in [0.1, 0.15) is 22.7 Å². The molecule has 2 aromatic rings. The number of methoxy groups -OCH3 is 1. The highest BCUT2D eigenvalue weighted by Gasteiger charge is 2.14. The van der Waals surface area contributed by atoms with Crippen molar-refractivity contribution in [2.75, 3.05) is 7.11 Å². The van der Waals surface area contributed by atoms with Gasteiger partial charge in [0.25, 0.3) is 0 Å². The molecule has 1 atom stereocenters. The Morgan fingerprint density at radius 3 is 2.89 bits per heavy atom. The maximum Gasteiger partial charge on any atom is 0.217 e. The lowest BCUT2D eigenvalue weighted by Crippen LogP contribution is -2.15. The molecule has 0 radical (unpaired) electrons. The molecule has 3 nitrogen and oxygen atoms in total. The fourth-order valence-electron chi connectivity index (χ4n) is 2.06. The average molecular weight is 260 g/mol. The highest BCUT2D eigenvalue weighted by Crippen LogP contribution is 2.24. The van der Waals surface area contributed by atoms with Gasteiger partial charge in [0.05, 0.1) is 7.11 Å². The molecular weight excluding hydrogens is 243 g/mol. The van der Waals surface area contributed by atoms with E-state index < -0.39 is 0 Å². The second-order valence-electron chi connectivity index (χ2n) is 4.48. The van der Waals surface area contributed by atoms with E-state index in [0.717, 1.165) is 16.7 Å². The van der Waals surface area contributed by atoms with E-state index in [1.165, 1.54) is 12.1 Å². The van der Waals surface area contributed by atoms with Gasteiger partial charge >= 0.3 is 0 Å². The molecule has 0 fully saturated rings. The van der Waals surface area contributed by atoms with Gasteiger partial charge in [0.1, 0.15) is 5.82 Å². The predicted octanol–water partition coefficient (Wildman–Crippen LogP) is 2.78. The first-order valence-corrected chi connectivity index (χ1v) is 6.11. The maximum absolute atomic E-state index is 13.3. The number of nitrogens with zero attached hydrogens (tertiary/aromatic N) is 1. The van der Waals surface area contributed by atoms with Crippen molar-refractivity contribution in [3.63, 3.8) is 0 Å². The highest BCUT2D eigenvalue weighted by atomic mass is 19.1. The summed E-state index contributed by atoms with van der Waals surface area (Å²) in [6.07, 6.45) is 2.20. The van der Waals surface area contributed by atoms with Crippen LogP contribution in [-0.4, -0.2) is 12.1 Å². The monoisotopic (exact) mass is 260 g/mol. The summed E-state index contributed by atoms with van der Waals surface area (Å²) in [6, 6.07) is 8.16. The molecule has 2 N–H and O–H groups in total. The van der Waals surface area contributed by atoms with E-state index in [1.807, 2.05) is 19.1 Å². The van der Waals surface area contributed by atoms with E-state index in [4.69, 9.17) is 10.5 Å². The van der Waals surface area contributed by atoms with Crippen LogP contribution in [0.2, 0.25) is 0 Å². The van der Waals surface area contributed by atoms with Crippen molar-refractivity contribution in [1.82, 2.24) is 4.98 Å². The van der Waals surface area contributed by atoms with Crippen molar-refractivity contribution in [3.8, 4) is 5.88 Å². The quantitative estimate of drug-likeness (QED) is 0.919. The third-order valence-electron chi connectivity index (χ3n) is 3.14. The maximum atomic E-state index is 13.3. The minimum Gasteiger partial charge on any atom is -0.481 e. The summed E-state index contributed by atoms with van der Waals surface area (Å²) in [6.45, 7) is 1.95. The summed E-state index contributed by atoms with van der Waals surface area (Å²) >= 11 is 0. The van der Waals surface area contributed by atoms with Crippen molar-refractivity contribution < 1.29 is 9.13 Å². The van der Waals surface area contributed by atoms with Crippen LogP contribution in [-0.2, 0) is 6.42 Å². The molecule has 0 aliphatic rings. The molecule has 0 aliphatic carbocycles. The Morgan fingerprint density at radius 1 is 1.37 bits per heavy atom. The number of rotatable bonds is 4. The third kappa shape index (κ3) is 3.09. The van der Waals surface area contributed by atoms with Crippen LogP contribution in [0.5, 0.6) is 5.88 Å². The predicted molar refractivity (Wildman–Crippen MR) is 72.6 cm³/mol. The van der Waals surface area contributed by atoms with Gasteiger partial charge in [-0.1, -0.05) is 12.1 Å². The molecule has 0 amide bonds. The fraction of sp³-hybridized carbons (Fsp3) is 0.267. The molecule has 0 bridgehead atoms. The summed E-state index contributed by atoms with van der Waals surface area (Å²) in [7, 11) is 1.56. The van der Waals surface area contributed by atoms with Crippen LogP contribution in [0.4, 0.5) is 4.39 Å². The lowest BCUT2D eigenvalue weighted by atomic mass is 9.97. The Hall–Kier alpha value is -1.94. The van der Waals surface area contributed by atoms with Gasteiger partial charge in [0, 0.05) is 17.8 Å². The number of ether oxygens (including phenoxy) is 1. The molecule has 1 unspecified atom stereocenters. The minimum atomic E-state index is -0.274. The van der Waals surface area contributed by atoms with Crippen molar-refractivity contribution in [3.05, 3.63) is 59.0 Å². The Kier molecular flexibility index (Phi) is 4.12. The van der Waals surface area contributed by atoms with Gasteiger partial charge in [-0.3, -0.25) is 0 Å². The van der Waals surface area contributed by atoms with Gasteiger partial charge in [-0.15, -0.1) is 0 Å². The molecule has 4 heteroatoms. The van der Waals surface area contributed by atoms with Gasteiger partial charge in [-0.2, -0.15) is 0 Å². The van der Waals surface area contributed by atoms with Crippen LogP contribution in [0, 0.1) is 12.7 Å². The summed E-state index contributed by atoms with van der Waals surface area (Å²) < 4.78 is 18.5. The lowest BCUT2D eigenvalue weighted by Gasteiger charge is -2.16. The average Bonchev–Trinajstić information content (AvgIpc) is 2.42. The molecule has 19 heavy (non-hydrogen) atoms. The Bertz CT molecular complexity index is 572. The number of halogens is 1. The molecule has 1 heterocycles. The molecule has 0 saturated heterocycles. The van der Waals surface area contributed by atoms with Gasteiger partial charge in [-0.05, 0) is 42.7 Å². The zero-order chi connectivity index (χ0) is 13.8. The molecule has 0 aliphatic heterocycles. The second kappa shape index (κ2) is 5.80. The van der Waals surface area contributed by atoms with E-state index in [2.05, 4.69) is 4.98 Å². The molecule has 1 aromatic heterocycles. The number of benzene rings is 1. The smallest absolute Gasteiger partial charge is 0.217 e. The SMILES string of the molecule is COc1ncccc1C(N)Cc1cc(F)ccc1C. The first-order valence-electron chi connectivity index (χ1n) is 6.11. The fourth-order valence-corrected chi connectivity index (χ4v) is 2.06. The molecule has 0 spiro atoms. The third-order valence-corrected chi connectivity index (χ3v) is 3.14. The zero-order valence-electron chi connectivity index (χ0n) is 11.1. The van der Waals surface area contributed by atoms with Gasteiger partial charge in [0.15, 0.2) is 0 Å². The van der Waals surface area contributed by atoms with Crippen LogP contribution in [0.25, 0.3) is 0 Å². The van der Waals surface area contributed by atoms with Crippen LogP contribution in [0.15, 0.2) is 36.5 Å². The lowest BCUT2D eigenvalue weighted by molar-refractivity contribution is 0.388. The van der Waals surface area contributed by atoms with E-state index >= 15 is 0 Å². The van der Waals surface area contributed by atoms with Crippen molar-refractivity contribution in [2.45, 2.75) is 19.4 Å². The Balaban J connectivity index is 2.25. The van der Waals surface area contributed by atoms with E-state index in [9.17, 15) is 4.39 Å². The topological polar surface area (TPSA) is 48.1 Å². The van der Waals surface area contributed by atoms with E-state index in [0.29, 0.717) is 12.3 Å². The van der Waals surface area contributed by atoms with Gasteiger partial charge in [-0.25, -0.2) is 9.37 Å². The van der Waals surface area contributed by atoms with Crippen molar-refractivity contribution in [1.29, 1.82) is 0 Å². The first-order chi connectivity index (χ1) is 9.11. The minimum absolute atomic E-state index is 0.244. The molecule has 0 saturated carbocycles. The molecule has 2 rings (SSSR count). The van der Waals surface area contributed by atoms with Crippen molar-refractivity contribution in [2.24, 2.45) is 5.73 Å². The van der Waals surface area contributed by atoms with Crippen LogP contribution < -0.4 is 10.5 Å². The van der Waals surface area contributed by atoms with Gasteiger partial charge in [0.2, 0.25) is 5.88 Å². The van der Waals surface area contributed by atoms with Crippen LogP contribution >= 0.6 is 0 Å². The summed E-state index contributed by atoms with van der Waals surface area (Å²) in [5.74, 6) is 0.273. The Morgan fingerprint density at radius 2 is 2.16 bits per heavy atom. The number of hydrogen-bond donors (Lipinski definition) is 1. The molecule has 1 aromatic carbocycles. The summed E-state index contributed by atoms with van der Waals surface area (Å²) in [4.78, 5) is 4.12. The normalized spacial score (nSPS) is 12.2. The summed E-state index contributed by atoms with van der Waals surface area (Å²) in [5.41, 5.74) is 8.94. The van der Waals surface area contributed by atoms with Gasteiger partial charge < -0.3 is 10.5 Å². The Labute approximate surface area is 112 Å². The number of hydrogen-bond acceptors (Lipinski definition) is 3. The van der Waals surface area contributed by atoms with Crippen molar-refractivity contribution >= 4 is 0 Å². The number of aryl methyl sites for hydroxylation is 1. The standard InChI is InChI=1S/C15H17FN2O/c1-10-5-6-12(16)8-11(10)9-14(17)13-4-3-7-18-15(13)19-2/h3-8,14H,9,17H2,1-2H3. The molecular formula is C15H17FN2O. The van der Waals surface area contributed by atoms with Crippen LogP contribution in [0.3, 0.4) is 0 Å². The number of pyridine rings is 1. The largest absolute Gasteiger partial charge is 0.481 e. The van der Waals surface area contributed by atoms with E-state index in [1.54, 1.807) is 19.4 Å². The highest BCUT2D eigenvalue weighted by molar-refractivity contribution is 5.33. The van der Waals surface area contributed by atoms with E-state index in [-0.39, 0.29) is 11.9 Å². The summed E-state index contributed by atoms with van der Waals surface area (Å²) in [5, 5.41) is 0. The zero-order valence-corrected chi connectivity index (χ0v) is 11.1.